The van der Waals surface area contributed by atoms with Crippen molar-refractivity contribution in [2.24, 2.45) is 5.92 Å². The zero-order valence-electron chi connectivity index (χ0n) is 16.8. The van der Waals surface area contributed by atoms with Crippen molar-refractivity contribution in [3.8, 4) is 28.7 Å². The molecule has 8 N–H and O–H groups in total. The summed E-state index contributed by atoms with van der Waals surface area (Å²) in [7, 11) is 0. The molecule has 2 aromatic rings. The maximum atomic E-state index is 12.9. The van der Waals surface area contributed by atoms with Crippen LogP contribution in [0.25, 0.3) is 0 Å². The number of aromatic hydroxyl groups is 4. The highest BCUT2D eigenvalue weighted by molar-refractivity contribution is 6.03. The summed E-state index contributed by atoms with van der Waals surface area (Å²) in [6.07, 6.45) is -5.68. The van der Waals surface area contributed by atoms with E-state index in [2.05, 4.69) is 0 Å². The standard InChI is InChI=1S/C22H24O10/c23-7-9-3-10(20(29)22(31)19(9)28)17-13(26)6-16-18(21(17)30)14(27)5-15(32-16)8-1-2-11(24)12(25)4-8/h1-2,4,6,9-10,15,19-20,22-26,28-31H,3,5,7H2/t9?,10?,15-,19?,20?,22?/m1/s1. The second-order valence-corrected chi connectivity index (χ2v) is 8.27. The number of carbonyl (C=O) groups is 1. The van der Waals surface area contributed by atoms with Crippen LogP contribution in [0.1, 0.15) is 46.3 Å². The Hall–Kier alpha value is -3.05. The lowest BCUT2D eigenvalue weighted by atomic mass is 9.72. The van der Waals surface area contributed by atoms with Crippen LogP contribution in [0.3, 0.4) is 0 Å². The van der Waals surface area contributed by atoms with Gasteiger partial charge in [0.05, 0.1) is 18.6 Å². The van der Waals surface area contributed by atoms with Crippen LogP contribution in [0.2, 0.25) is 0 Å². The molecule has 1 saturated carbocycles. The van der Waals surface area contributed by atoms with Crippen LogP contribution >= 0.6 is 0 Å². The minimum atomic E-state index is -1.63. The van der Waals surface area contributed by atoms with Crippen LogP contribution in [0.5, 0.6) is 28.7 Å². The van der Waals surface area contributed by atoms with Crippen LogP contribution < -0.4 is 4.74 Å². The molecule has 0 spiro atoms. The number of Topliss-reactive ketones (excluding diaryl/α,β-unsaturated/α-hetero) is 1. The predicted molar refractivity (Wildman–Crippen MR) is 108 cm³/mol. The Morgan fingerprint density at radius 2 is 1.62 bits per heavy atom. The maximum absolute atomic E-state index is 12.9. The number of phenolic OH excluding ortho intramolecular Hbond substituents is 4. The third-order valence-electron chi connectivity index (χ3n) is 6.33. The van der Waals surface area contributed by atoms with Crippen LogP contribution in [0, 0.1) is 5.92 Å². The lowest BCUT2D eigenvalue weighted by molar-refractivity contribution is -0.127. The van der Waals surface area contributed by atoms with Crippen molar-refractivity contribution < 1.29 is 50.4 Å². The Bertz CT molecular complexity index is 1050. The number of ether oxygens (including phenoxy) is 1. The summed E-state index contributed by atoms with van der Waals surface area (Å²) in [6, 6.07) is 5.07. The van der Waals surface area contributed by atoms with E-state index in [4.69, 9.17) is 4.74 Å². The largest absolute Gasteiger partial charge is 0.507 e. The van der Waals surface area contributed by atoms with Crippen molar-refractivity contribution in [2.75, 3.05) is 6.61 Å². The van der Waals surface area contributed by atoms with E-state index < -0.39 is 65.9 Å². The third-order valence-corrected chi connectivity index (χ3v) is 6.33. The molecule has 0 saturated heterocycles. The zero-order chi connectivity index (χ0) is 23.3. The summed E-state index contributed by atoms with van der Waals surface area (Å²) in [5, 5.41) is 80.8. The summed E-state index contributed by atoms with van der Waals surface area (Å²) >= 11 is 0. The number of benzene rings is 2. The van der Waals surface area contributed by atoms with Crippen LogP contribution in [0.15, 0.2) is 24.3 Å². The average Bonchev–Trinajstić information content (AvgIpc) is 2.74. The van der Waals surface area contributed by atoms with Crippen LogP contribution in [0.4, 0.5) is 0 Å². The molecule has 172 valence electrons. The number of aliphatic hydroxyl groups excluding tert-OH is 4. The number of aliphatic hydroxyl groups is 4. The minimum absolute atomic E-state index is 0.0553. The molecule has 0 bridgehead atoms. The number of carbonyl (C=O) groups excluding carboxylic acids is 1. The number of rotatable bonds is 3. The summed E-state index contributed by atoms with van der Waals surface area (Å²) in [6.45, 7) is -0.489. The first-order chi connectivity index (χ1) is 15.1. The molecule has 6 atom stereocenters. The maximum Gasteiger partial charge on any atom is 0.174 e. The van der Waals surface area contributed by atoms with Gasteiger partial charge in [0.2, 0.25) is 0 Å². The van der Waals surface area contributed by atoms with Crippen molar-refractivity contribution in [2.45, 2.75) is 43.2 Å². The van der Waals surface area contributed by atoms with E-state index in [0.717, 1.165) is 6.07 Å². The van der Waals surface area contributed by atoms with Gasteiger partial charge in [0, 0.05) is 30.1 Å². The molecule has 1 fully saturated rings. The quantitative estimate of drug-likeness (QED) is 0.305. The Kier molecular flexibility index (Phi) is 5.63. The van der Waals surface area contributed by atoms with Gasteiger partial charge in [0.15, 0.2) is 17.3 Å². The first-order valence-corrected chi connectivity index (χ1v) is 10.1. The highest BCUT2D eigenvalue weighted by Crippen LogP contribution is 2.50. The van der Waals surface area contributed by atoms with E-state index in [9.17, 15) is 45.6 Å². The van der Waals surface area contributed by atoms with Crippen molar-refractivity contribution in [3.05, 3.63) is 41.0 Å². The molecule has 0 aromatic heterocycles. The molecule has 10 nitrogen and oxygen atoms in total. The zero-order valence-corrected chi connectivity index (χ0v) is 16.8. The van der Waals surface area contributed by atoms with Gasteiger partial charge < -0.3 is 45.6 Å². The molecule has 4 rings (SSSR count). The number of hydrogen-bond acceptors (Lipinski definition) is 10. The number of phenols is 4. The molecule has 1 aliphatic carbocycles. The Morgan fingerprint density at radius 3 is 2.28 bits per heavy atom. The molecule has 0 radical (unpaired) electrons. The molecule has 32 heavy (non-hydrogen) atoms. The normalized spacial score (nSPS) is 29.9. The molecular formula is C22H24O10. The van der Waals surface area contributed by atoms with E-state index >= 15 is 0 Å². The van der Waals surface area contributed by atoms with E-state index in [1.807, 2.05) is 0 Å². The molecule has 2 aliphatic rings. The second kappa shape index (κ2) is 8.14. The van der Waals surface area contributed by atoms with Gasteiger partial charge in [0.25, 0.3) is 0 Å². The fourth-order valence-corrected chi connectivity index (χ4v) is 4.56. The topological polar surface area (TPSA) is 188 Å². The first kappa shape index (κ1) is 22.2. The lowest BCUT2D eigenvalue weighted by Crippen LogP contribution is -2.51. The average molecular weight is 448 g/mol. The van der Waals surface area contributed by atoms with Gasteiger partial charge in [-0.3, -0.25) is 4.79 Å². The van der Waals surface area contributed by atoms with Crippen molar-refractivity contribution >= 4 is 5.78 Å². The Balaban J connectivity index is 1.72. The molecule has 10 heteroatoms. The van der Waals surface area contributed by atoms with Crippen LogP contribution in [-0.4, -0.2) is 71.6 Å². The van der Waals surface area contributed by atoms with Crippen LogP contribution in [-0.2, 0) is 0 Å². The fraction of sp³-hybridized carbons (Fsp3) is 0.409. The van der Waals surface area contributed by atoms with Crippen molar-refractivity contribution in [1.82, 2.24) is 0 Å². The molecule has 1 aliphatic heterocycles. The van der Waals surface area contributed by atoms with Gasteiger partial charge in [-0.25, -0.2) is 0 Å². The van der Waals surface area contributed by atoms with Gasteiger partial charge in [-0.2, -0.15) is 0 Å². The second-order valence-electron chi connectivity index (χ2n) is 8.27. The molecular weight excluding hydrogens is 424 g/mol. The SMILES string of the molecule is O=C1C[C@H](c2ccc(O)c(O)c2)Oc2cc(O)c(C3CC(CO)C(O)C(O)C3O)c(O)c21. The monoisotopic (exact) mass is 448 g/mol. The summed E-state index contributed by atoms with van der Waals surface area (Å²) in [5.41, 5.74) is 0.0108. The highest BCUT2D eigenvalue weighted by atomic mass is 16.5. The van der Waals surface area contributed by atoms with E-state index in [1.54, 1.807) is 0 Å². The van der Waals surface area contributed by atoms with Gasteiger partial charge in [-0.1, -0.05) is 6.07 Å². The summed E-state index contributed by atoms with van der Waals surface area (Å²) in [4.78, 5) is 12.9. The summed E-state index contributed by atoms with van der Waals surface area (Å²) < 4.78 is 5.77. The molecule has 0 amide bonds. The van der Waals surface area contributed by atoms with Gasteiger partial charge in [-0.05, 0) is 24.1 Å². The number of hydrogen-bond donors (Lipinski definition) is 8. The van der Waals surface area contributed by atoms with Gasteiger partial charge in [0.1, 0.15) is 35.0 Å². The molecule has 2 aromatic carbocycles. The van der Waals surface area contributed by atoms with Gasteiger partial charge >= 0.3 is 0 Å². The summed E-state index contributed by atoms with van der Waals surface area (Å²) in [5.74, 6) is -4.34. The first-order valence-electron chi connectivity index (χ1n) is 10.1. The fourth-order valence-electron chi connectivity index (χ4n) is 4.56. The Morgan fingerprint density at radius 1 is 0.906 bits per heavy atom. The number of ketones is 1. The predicted octanol–water partition coefficient (Wildman–Crippen LogP) is 0.394. The van der Waals surface area contributed by atoms with Gasteiger partial charge in [-0.15, -0.1) is 0 Å². The minimum Gasteiger partial charge on any atom is -0.507 e. The van der Waals surface area contributed by atoms with Crippen molar-refractivity contribution in [1.29, 1.82) is 0 Å². The van der Waals surface area contributed by atoms with E-state index in [1.165, 1.54) is 18.2 Å². The number of fused-ring (bicyclic) bond motifs is 1. The van der Waals surface area contributed by atoms with E-state index in [-0.39, 0.29) is 35.5 Å². The molecule has 5 unspecified atom stereocenters. The van der Waals surface area contributed by atoms with E-state index in [0.29, 0.717) is 5.56 Å². The highest BCUT2D eigenvalue weighted by Gasteiger charge is 2.46. The smallest absolute Gasteiger partial charge is 0.174 e. The Labute approximate surface area is 182 Å². The molecule has 1 heterocycles. The third kappa shape index (κ3) is 3.51. The lowest BCUT2D eigenvalue weighted by Gasteiger charge is -2.40. The van der Waals surface area contributed by atoms with Crippen molar-refractivity contribution in [3.63, 3.8) is 0 Å².